The van der Waals surface area contributed by atoms with Gasteiger partial charge in [-0.1, -0.05) is 48.5 Å². The minimum atomic E-state index is -1.25. The van der Waals surface area contributed by atoms with Gasteiger partial charge in [0.15, 0.2) is 0 Å². The molecule has 0 unspecified atom stereocenters. The Balaban J connectivity index is 2.03. The van der Waals surface area contributed by atoms with E-state index in [1.165, 1.54) is 13.2 Å². The minimum absolute atomic E-state index is 0.00406. The van der Waals surface area contributed by atoms with E-state index in [4.69, 9.17) is 4.74 Å². The summed E-state index contributed by atoms with van der Waals surface area (Å²) in [5, 5.41) is 33.9. The van der Waals surface area contributed by atoms with Crippen LogP contribution in [0.3, 0.4) is 0 Å². The highest BCUT2D eigenvalue weighted by molar-refractivity contribution is 6.02. The maximum absolute atomic E-state index is 12.2. The molecule has 0 aliphatic heterocycles. The van der Waals surface area contributed by atoms with Gasteiger partial charge in [0.1, 0.15) is 22.6 Å². The summed E-state index contributed by atoms with van der Waals surface area (Å²) < 4.78 is 4.79. The van der Waals surface area contributed by atoms with E-state index in [0.717, 1.165) is 0 Å². The van der Waals surface area contributed by atoms with Crippen molar-refractivity contribution in [2.24, 2.45) is 0 Å². The number of aromatic hydroxyl groups is 2. The Labute approximate surface area is 171 Å². The third-order valence-electron chi connectivity index (χ3n) is 5.24. The molecule has 0 aliphatic rings. The van der Waals surface area contributed by atoms with Crippen LogP contribution in [-0.2, 0) is 11.2 Å². The first-order valence-corrected chi connectivity index (χ1v) is 9.21. The van der Waals surface area contributed by atoms with E-state index in [9.17, 15) is 24.9 Å². The molecule has 0 spiro atoms. The van der Waals surface area contributed by atoms with Crippen molar-refractivity contribution in [3.63, 3.8) is 0 Å². The number of phenols is 2. The van der Waals surface area contributed by atoms with Gasteiger partial charge in [0, 0.05) is 17.5 Å². The second-order valence-corrected chi connectivity index (χ2v) is 6.92. The third kappa shape index (κ3) is 3.08. The highest BCUT2D eigenvalue weighted by atomic mass is 16.5. The molecule has 0 bridgehead atoms. The molecule has 30 heavy (non-hydrogen) atoms. The molecule has 0 aliphatic carbocycles. The van der Waals surface area contributed by atoms with Gasteiger partial charge in [0.2, 0.25) is 0 Å². The van der Waals surface area contributed by atoms with E-state index >= 15 is 0 Å². The van der Waals surface area contributed by atoms with Crippen LogP contribution in [0.25, 0.3) is 21.5 Å². The SMILES string of the molecule is COC(=O)c1cc2ccccc2c(Cc2c(O)c(C(=O)O)cc3ccccc23)c1O. The van der Waals surface area contributed by atoms with Gasteiger partial charge in [-0.3, -0.25) is 0 Å². The summed E-state index contributed by atoms with van der Waals surface area (Å²) in [6.45, 7) is 0. The van der Waals surface area contributed by atoms with Gasteiger partial charge in [-0.2, -0.15) is 0 Å². The first-order valence-electron chi connectivity index (χ1n) is 9.21. The molecule has 6 heteroatoms. The topological polar surface area (TPSA) is 104 Å². The number of carbonyl (C=O) groups is 2. The monoisotopic (exact) mass is 402 g/mol. The number of benzene rings is 4. The molecule has 4 rings (SSSR count). The Morgan fingerprint density at radius 3 is 1.77 bits per heavy atom. The lowest BCUT2D eigenvalue weighted by Crippen LogP contribution is -2.05. The number of fused-ring (bicyclic) bond motifs is 2. The van der Waals surface area contributed by atoms with E-state index in [0.29, 0.717) is 32.7 Å². The quantitative estimate of drug-likeness (QED) is 0.435. The van der Waals surface area contributed by atoms with Crippen LogP contribution in [0.15, 0.2) is 60.7 Å². The zero-order chi connectivity index (χ0) is 21.4. The predicted octanol–water partition coefficient (Wildman–Crippen LogP) is 4.48. The molecule has 0 aromatic heterocycles. The third-order valence-corrected chi connectivity index (χ3v) is 5.24. The molecule has 0 radical (unpaired) electrons. The fourth-order valence-corrected chi connectivity index (χ4v) is 3.79. The van der Waals surface area contributed by atoms with Crippen molar-refractivity contribution in [2.75, 3.05) is 7.11 Å². The number of ether oxygens (including phenoxy) is 1. The Bertz CT molecular complexity index is 1320. The van der Waals surface area contributed by atoms with Gasteiger partial charge in [0.05, 0.1) is 7.11 Å². The van der Waals surface area contributed by atoms with E-state index in [1.807, 2.05) is 6.07 Å². The van der Waals surface area contributed by atoms with Crippen LogP contribution in [0.2, 0.25) is 0 Å². The summed E-state index contributed by atoms with van der Waals surface area (Å²) in [6, 6.07) is 17.3. The number of carbonyl (C=O) groups excluding carboxylic acids is 1. The number of hydrogen-bond acceptors (Lipinski definition) is 5. The first-order chi connectivity index (χ1) is 14.4. The standard InChI is InChI=1S/C24H18O6/c1-30-24(29)20-11-14-7-3-5-9-16(14)18(22(20)26)12-17-15-8-4-2-6-13(15)10-19(21(17)25)23(27)28/h2-11,25-26H,12H2,1H3,(H,27,28). The van der Waals surface area contributed by atoms with Crippen LogP contribution in [0, 0.1) is 0 Å². The van der Waals surface area contributed by atoms with E-state index < -0.39 is 11.9 Å². The van der Waals surface area contributed by atoms with Crippen LogP contribution >= 0.6 is 0 Å². The molecule has 3 N–H and O–H groups in total. The first kappa shape index (κ1) is 19.3. The van der Waals surface area contributed by atoms with Crippen LogP contribution in [0.5, 0.6) is 11.5 Å². The van der Waals surface area contributed by atoms with Crippen molar-refractivity contribution in [3.8, 4) is 11.5 Å². The summed E-state index contributed by atoms with van der Waals surface area (Å²) in [5.74, 6) is -2.57. The zero-order valence-corrected chi connectivity index (χ0v) is 16.0. The second-order valence-electron chi connectivity index (χ2n) is 6.92. The lowest BCUT2D eigenvalue weighted by Gasteiger charge is -2.16. The number of methoxy groups -OCH3 is 1. The predicted molar refractivity (Wildman–Crippen MR) is 112 cm³/mol. The smallest absolute Gasteiger partial charge is 0.341 e. The average molecular weight is 402 g/mol. The Kier molecular flexibility index (Phi) is 4.75. The number of aromatic carboxylic acids is 1. The van der Waals surface area contributed by atoms with Crippen molar-refractivity contribution >= 4 is 33.5 Å². The zero-order valence-electron chi connectivity index (χ0n) is 16.0. The number of esters is 1. The van der Waals surface area contributed by atoms with Gasteiger partial charge < -0.3 is 20.1 Å². The fraction of sp³-hybridized carbons (Fsp3) is 0.0833. The number of carboxylic acids is 1. The Hall–Kier alpha value is -4.06. The van der Waals surface area contributed by atoms with E-state index in [1.54, 1.807) is 48.5 Å². The number of rotatable bonds is 4. The molecule has 0 heterocycles. The van der Waals surface area contributed by atoms with Crippen molar-refractivity contribution in [3.05, 3.63) is 82.9 Å². The maximum Gasteiger partial charge on any atom is 0.341 e. The lowest BCUT2D eigenvalue weighted by atomic mass is 9.90. The van der Waals surface area contributed by atoms with Crippen LogP contribution in [0.4, 0.5) is 0 Å². The highest BCUT2D eigenvalue weighted by Crippen LogP contribution is 2.38. The molecule has 4 aromatic rings. The van der Waals surface area contributed by atoms with Crippen molar-refractivity contribution in [2.45, 2.75) is 6.42 Å². The van der Waals surface area contributed by atoms with Crippen molar-refractivity contribution in [1.82, 2.24) is 0 Å². The Morgan fingerprint density at radius 1 is 0.800 bits per heavy atom. The molecule has 0 saturated heterocycles. The van der Waals surface area contributed by atoms with Gasteiger partial charge in [-0.15, -0.1) is 0 Å². The summed E-state index contributed by atoms with van der Waals surface area (Å²) in [7, 11) is 1.23. The lowest BCUT2D eigenvalue weighted by molar-refractivity contribution is 0.0596. The van der Waals surface area contributed by atoms with Crippen LogP contribution in [0.1, 0.15) is 31.8 Å². The normalized spacial score (nSPS) is 11.0. The molecular weight excluding hydrogens is 384 g/mol. The summed E-state index contributed by atoms with van der Waals surface area (Å²) in [6.07, 6.45) is 0.0185. The molecule has 0 fully saturated rings. The number of hydrogen-bond donors (Lipinski definition) is 3. The van der Waals surface area contributed by atoms with Crippen molar-refractivity contribution in [1.29, 1.82) is 0 Å². The van der Waals surface area contributed by atoms with Gasteiger partial charge in [-0.05, 0) is 33.7 Å². The van der Waals surface area contributed by atoms with E-state index in [2.05, 4.69) is 0 Å². The minimum Gasteiger partial charge on any atom is -0.507 e. The van der Waals surface area contributed by atoms with Crippen molar-refractivity contribution < 1.29 is 29.6 Å². The van der Waals surface area contributed by atoms with Crippen LogP contribution < -0.4 is 0 Å². The van der Waals surface area contributed by atoms with E-state index in [-0.39, 0.29) is 29.0 Å². The molecule has 6 nitrogen and oxygen atoms in total. The number of carboxylic acid groups (broad SMARTS) is 1. The second kappa shape index (κ2) is 7.40. The number of phenolic OH excluding ortho intramolecular Hbond substituents is 1. The summed E-state index contributed by atoms with van der Waals surface area (Å²) in [4.78, 5) is 23.9. The molecule has 150 valence electrons. The molecule has 0 atom stereocenters. The van der Waals surface area contributed by atoms with Gasteiger partial charge in [-0.25, -0.2) is 9.59 Å². The molecule has 4 aromatic carbocycles. The maximum atomic E-state index is 12.2. The Morgan fingerprint density at radius 2 is 1.27 bits per heavy atom. The molecular formula is C24H18O6. The van der Waals surface area contributed by atoms with Gasteiger partial charge >= 0.3 is 11.9 Å². The highest BCUT2D eigenvalue weighted by Gasteiger charge is 2.23. The fourth-order valence-electron chi connectivity index (χ4n) is 3.79. The summed E-state index contributed by atoms with van der Waals surface area (Å²) in [5.41, 5.74) is 0.533. The molecule has 0 amide bonds. The van der Waals surface area contributed by atoms with Crippen LogP contribution in [-0.4, -0.2) is 34.4 Å². The summed E-state index contributed by atoms with van der Waals surface area (Å²) >= 11 is 0. The molecule has 0 saturated carbocycles. The van der Waals surface area contributed by atoms with Gasteiger partial charge in [0.25, 0.3) is 0 Å². The largest absolute Gasteiger partial charge is 0.507 e. The average Bonchev–Trinajstić information content (AvgIpc) is 2.75.